The highest BCUT2D eigenvalue weighted by molar-refractivity contribution is 7.89. The van der Waals surface area contributed by atoms with Crippen molar-refractivity contribution in [1.29, 1.82) is 0 Å². The Hall–Kier alpha value is -4.29. The van der Waals surface area contributed by atoms with Gasteiger partial charge < -0.3 is 14.3 Å². The SMILES string of the molecule is O=C(Nc1cccc(S(=O)(=O)NCc2ccco2)c1)c1ccc(-n2ccnc2)c([N+](=O)[O-])c1. The van der Waals surface area contributed by atoms with Crippen molar-refractivity contribution in [2.45, 2.75) is 11.4 Å². The van der Waals surface area contributed by atoms with Gasteiger partial charge in [0.2, 0.25) is 10.0 Å². The number of carbonyl (C=O) groups excluding carboxylic acids is 1. The van der Waals surface area contributed by atoms with Gasteiger partial charge in [-0.15, -0.1) is 0 Å². The predicted octanol–water partition coefficient (Wildman–Crippen LogP) is 3.10. The lowest BCUT2D eigenvalue weighted by molar-refractivity contribution is -0.384. The molecule has 1 amide bonds. The molecule has 2 heterocycles. The van der Waals surface area contributed by atoms with Crippen LogP contribution < -0.4 is 10.0 Å². The molecule has 0 spiro atoms. The Morgan fingerprint density at radius 1 is 1.15 bits per heavy atom. The van der Waals surface area contributed by atoms with Crippen LogP contribution in [0.15, 0.2) is 88.9 Å². The maximum absolute atomic E-state index is 12.7. The van der Waals surface area contributed by atoms with E-state index in [1.54, 1.807) is 18.3 Å². The molecule has 0 aliphatic carbocycles. The predicted molar refractivity (Wildman–Crippen MR) is 117 cm³/mol. The van der Waals surface area contributed by atoms with Gasteiger partial charge in [0.05, 0.1) is 29.0 Å². The van der Waals surface area contributed by atoms with E-state index >= 15 is 0 Å². The van der Waals surface area contributed by atoms with Crippen molar-refractivity contribution < 1.29 is 22.6 Å². The van der Waals surface area contributed by atoms with Gasteiger partial charge in [0, 0.05) is 29.7 Å². The molecule has 11 nitrogen and oxygen atoms in total. The summed E-state index contributed by atoms with van der Waals surface area (Å²) in [6, 6.07) is 13.0. The number of carbonyl (C=O) groups is 1. The molecule has 2 aromatic heterocycles. The highest BCUT2D eigenvalue weighted by Gasteiger charge is 2.20. The minimum atomic E-state index is -3.87. The first-order valence-corrected chi connectivity index (χ1v) is 11.0. The molecule has 4 rings (SSSR count). The van der Waals surface area contributed by atoms with Crippen molar-refractivity contribution in [1.82, 2.24) is 14.3 Å². The van der Waals surface area contributed by atoms with E-state index in [9.17, 15) is 23.3 Å². The molecule has 0 bridgehead atoms. The van der Waals surface area contributed by atoms with Gasteiger partial charge in [0.25, 0.3) is 11.6 Å². The standard InChI is InChI=1S/C21H17N5O6S/c27-21(15-6-7-19(20(11-15)26(28)29)25-9-8-22-14-25)24-16-3-1-5-18(12-16)33(30,31)23-13-17-4-2-10-32-17/h1-12,14,23H,13H2,(H,24,27). The fraction of sp³-hybridized carbons (Fsp3) is 0.0476. The van der Waals surface area contributed by atoms with Crippen LogP contribution in [0.5, 0.6) is 0 Å². The van der Waals surface area contributed by atoms with Crippen LogP contribution in [0.2, 0.25) is 0 Å². The smallest absolute Gasteiger partial charge is 0.294 e. The summed E-state index contributed by atoms with van der Waals surface area (Å²) < 4.78 is 34.1. The van der Waals surface area contributed by atoms with Gasteiger partial charge >= 0.3 is 0 Å². The van der Waals surface area contributed by atoms with Crippen molar-refractivity contribution in [3.8, 4) is 5.69 Å². The largest absolute Gasteiger partial charge is 0.468 e. The molecule has 168 valence electrons. The molecule has 4 aromatic rings. The third kappa shape index (κ3) is 4.97. The van der Waals surface area contributed by atoms with Crippen LogP contribution in [-0.2, 0) is 16.6 Å². The van der Waals surface area contributed by atoms with Gasteiger partial charge in [-0.05, 0) is 42.5 Å². The third-order valence-corrected chi connectivity index (χ3v) is 6.03. The average Bonchev–Trinajstić information content (AvgIpc) is 3.52. The zero-order valence-corrected chi connectivity index (χ0v) is 17.7. The normalized spacial score (nSPS) is 11.3. The van der Waals surface area contributed by atoms with Gasteiger partial charge in [-0.3, -0.25) is 14.9 Å². The van der Waals surface area contributed by atoms with Gasteiger partial charge in [0.15, 0.2) is 0 Å². The van der Waals surface area contributed by atoms with Crippen LogP contribution in [0.3, 0.4) is 0 Å². The first-order valence-electron chi connectivity index (χ1n) is 9.54. The van der Waals surface area contributed by atoms with Gasteiger partial charge in [-0.1, -0.05) is 6.07 Å². The second-order valence-electron chi connectivity index (χ2n) is 6.82. The molecule has 0 atom stereocenters. The average molecular weight is 467 g/mol. The minimum absolute atomic E-state index is 0.0289. The number of aromatic nitrogens is 2. The first kappa shape index (κ1) is 21.9. The Morgan fingerprint density at radius 2 is 2.00 bits per heavy atom. The summed E-state index contributed by atoms with van der Waals surface area (Å²) in [5.41, 5.74) is 0.223. The molecule has 33 heavy (non-hydrogen) atoms. The van der Waals surface area contributed by atoms with E-state index in [0.29, 0.717) is 5.76 Å². The topological polar surface area (TPSA) is 149 Å². The minimum Gasteiger partial charge on any atom is -0.468 e. The molecule has 0 radical (unpaired) electrons. The van der Waals surface area contributed by atoms with Gasteiger partial charge in [-0.25, -0.2) is 18.1 Å². The van der Waals surface area contributed by atoms with Crippen molar-refractivity contribution in [2.75, 3.05) is 5.32 Å². The monoisotopic (exact) mass is 467 g/mol. The fourth-order valence-corrected chi connectivity index (χ4v) is 4.08. The Kier molecular flexibility index (Phi) is 6.02. The highest BCUT2D eigenvalue weighted by atomic mass is 32.2. The lowest BCUT2D eigenvalue weighted by atomic mass is 10.1. The molecule has 2 aromatic carbocycles. The second-order valence-corrected chi connectivity index (χ2v) is 8.58. The lowest BCUT2D eigenvalue weighted by Crippen LogP contribution is -2.23. The summed E-state index contributed by atoms with van der Waals surface area (Å²) in [6.07, 6.45) is 5.88. The Balaban J connectivity index is 1.53. The summed E-state index contributed by atoms with van der Waals surface area (Å²) in [5, 5.41) is 14.1. The quantitative estimate of drug-likeness (QED) is 0.299. The fourth-order valence-electron chi connectivity index (χ4n) is 3.04. The summed E-state index contributed by atoms with van der Waals surface area (Å²) in [5.74, 6) is -0.183. The molecule has 0 saturated heterocycles. The molecule has 0 aliphatic heterocycles. The molecule has 0 fully saturated rings. The van der Waals surface area contributed by atoms with Crippen LogP contribution in [0.25, 0.3) is 5.69 Å². The number of amides is 1. The second kappa shape index (κ2) is 9.06. The number of hydrogen-bond donors (Lipinski definition) is 2. The lowest BCUT2D eigenvalue weighted by Gasteiger charge is -2.10. The van der Waals surface area contributed by atoms with E-state index in [2.05, 4.69) is 15.0 Å². The van der Waals surface area contributed by atoms with Gasteiger partial charge in [-0.2, -0.15) is 0 Å². The highest BCUT2D eigenvalue weighted by Crippen LogP contribution is 2.25. The zero-order chi connectivity index (χ0) is 23.4. The van der Waals surface area contributed by atoms with Crippen LogP contribution in [0.1, 0.15) is 16.1 Å². The van der Waals surface area contributed by atoms with Crippen molar-refractivity contribution in [3.63, 3.8) is 0 Å². The number of hydrogen-bond acceptors (Lipinski definition) is 7. The number of rotatable bonds is 8. The molecule has 0 unspecified atom stereocenters. The Bertz CT molecular complexity index is 1400. The summed E-state index contributed by atoms with van der Waals surface area (Å²) in [4.78, 5) is 27.4. The van der Waals surface area contributed by atoms with Crippen LogP contribution in [-0.4, -0.2) is 28.8 Å². The number of imidazole rings is 1. The van der Waals surface area contributed by atoms with Crippen molar-refractivity contribution in [3.05, 3.63) is 101 Å². The molecule has 0 saturated carbocycles. The zero-order valence-electron chi connectivity index (χ0n) is 16.9. The van der Waals surface area contributed by atoms with Crippen LogP contribution in [0.4, 0.5) is 11.4 Å². The number of nitro groups is 1. The van der Waals surface area contributed by atoms with E-state index in [4.69, 9.17) is 4.42 Å². The van der Waals surface area contributed by atoms with E-state index < -0.39 is 20.9 Å². The van der Waals surface area contributed by atoms with E-state index in [1.165, 1.54) is 59.8 Å². The number of furan rings is 1. The summed E-state index contributed by atoms with van der Waals surface area (Å²) in [6.45, 7) is -0.0289. The molecular weight excluding hydrogens is 450 g/mol. The number of anilines is 1. The first-order chi connectivity index (χ1) is 15.8. The number of nitro benzene ring substituents is 1. The van der Waals surface area contributed by atoms with Crippen molar-refractivity contribution >= 4 is 27.3 Å². The summed E-state index contributed by atoms with van der Waals surface area (Å²) in [7, 11) is -3.87. The van der Waals surface area contributed by atoms with Crippen molar-refractivity contribution in [2.24, 2.45) is 0 Å². The van der Waals surface area contributed by atoms with E-state index in [0.717, 1.165) is 6.07 Å². The molecular formula is C21H17N5O6S. The maximum Gasteiger partial charge on any atom is 0.294 e. The number of nitrogens with one attached hydrogen (secondary N) is 2. The Morgan fingerprint density at radius 3 is 2.70 bits per heavy atom. The molecule has 2 N–H and O–H groups in total. The molecule has 12 heteroatoms. The van der Waals surface area contributed by atoms with Gasteiger partial charge in [0.1, 0.15) is 11.4 Å². The number of nitrogens with zero attached hydrogens (tertiary/aromatic N) is 3. The maximum atomic E-state index is 12.7. The van der Waals surface area contributed by atoms with Crippen LogP contribution >= 0.6 is 0 Å². The van der Waals surface area contributed by atoms with Crippen LogP contribution in [0, 0.1) is 10.1 Å². The third-order valence-electron chi connectivity index (χ3n) is 4.64. The molecule has 0 aliphatic rings. The summed E-state index contributed by atoms with van der Waals surface area (Å²) >= 11 is 0. The van der Waals surface area contributed by atoms with E-state index in [-0.39, 0.29) is 34.1 Å². The number of sulfonamides is 1. The Labute approximate surface area is 187 Å². The van der Waals surface area contributed by atoms with E-state index in [1.807, 2.05) is 0 Å². The number of benzene rings is 2.